The third-order valence-electron chi connectivity index (χ3n) is 3.90. The van der Waals surface area contributed by atoms with E-state index in [-0.39, 0.29) is 5.69 Å². The number of aryl methyl sites for hydroxylation is 3. The van der Waals surface area contributed by atoms with Gasteiger partial charge < -0.3 is 0 Å². The summed E-state index contributed by atoms with van der Waals surface area (Å²) in [6.45, 7) is 3.78. The summed E-state index contributed by atoms with van der Waals surface area (Å²) >= 11 is 0. The van der Waals surface area contributed by atoms with Gasteiger partial charge in [0.25, 0.3) is 0 Å². The normalized spacial score (nSPS) is 11.6. The number of rotatable bonds is 4. The second-order valence-electron chi connectivity index (χ2n) is 5.42. The van der Waals surface area contributed by atoms with Gasteiger partial charge in [-0.15, -0.1) is 5.10 Å². The van der Waals surface area contributed by atoms with Crippen LogP contribution in [0.1, 0.15) is 17.2 Å². The molecular formula is C13H13N9O2. The van der Waals surface area contributed by atoms with E-state index in [9.17, 15) is 10.1 Å². The van der Waals surface area contributed by atoms with Crippen LogP contribution in [0.25, 0.3) is 16.7 Å². The summed E-state index contributed by atoms with van der Waals surface area (Å²) in [5.74, 6) is 0.612. The number of fused-ring (bicyclic) bond motifs is 3. The largest absolute Gasteiger partial charge is 0.312 e. The van der Waals surface area contributed by atoms with Crippen LogP contribution in [0.15, 0.2) is 12.5 Å². The molecule has 0 spiro atoms. The Hall–Kier alpha value is -3.37. The number of hydrogen-bond donors (Lipinski definition) is 1. The Kier molecular flexibility index (Phi) is 3.01. The van der Waals surface area contributed by atoms with Crippen molar-refractivity contribution in [2.24, 2.45) is 0 Å². The predicted octanol–water partition coefficient (Wildman–Crippen LogP) is 0.965. The lowest BCUT2D eigenvalue weighted by atomic mass is 10.3. The average Bonchev–Trinajstić information content (AvgIpc) is 3.21. The van der Waals surface area contributed by atoms with Gasteiger partial charge in [-0.3, -0.25) is 19.9 Å². The monoisotopic (exact) mass is 327 g/mol. The number of nitrogens with zero attached hydrogens (tertiary/aromatic N) is 8. The molecule has 0 aliphatic heterocycles. The van der Waals surface area contributed by atoms with E-state index in [4.69, 9.17) is 0 Å². The molecule has 4 aromatic heterocycles. The van der Waals surface area contributed by atoms with E-state index in [1.807, 2.05) is 0 Å². The lowest BCUT2D eigenvalue weighted by molar-refractivity contribution is -0.386. The zero-order valence-corrected chi connectivity index (χ0v) is 13.0. The number of H-pyrrole nitrogens is 1. The van der Waals surface area contributed by atoms with Gasteiger partial charge in [-0.25, -0.2) is 14.5 Å². The Morgan fingerprint density at radius 2 is 2.17 bits per heavy atom. The van der Waals surface area contributed by atoms with Crippen LogP contribution in [-0.2, 0) is 13.0 Å². The van der Waals surface area contributed by atoms with Gasteiger partial charge in [0, 0.05) is 13.0 Å². The van der Waals surface area contributed by atoms with Gasteiger partial charge in [-0.2, -0.15) is 10.2 Å². The Bertz CT molecular complexity index is 1070. The topological polar surface area (TPSA) is 133 Å². The number of nitro groups is 1. The predicted molar refractivity (Wildman–Crippen MR) is 82.5 cm³/mol. The van der Waals surface area contributed by atoms with Crippen LogP contribution < -0.4 is 0 Å². The average molecular weight is 327 g/mol. The molecule has 0 aliphatic carbocycles. The molecule has 0 unspecified atom stereocenters. The van der Waals surface area contributed by atoms with Crippen LogP contribution in [-0.4, -0.2) is 44.5 Å². The van der Waals surface area contributed by atoms with E-state index in [2.05, 4.69) is 30.4 Å². The van der Waals surface area contributed by atoms with Crippen molar-refractivity contribution in [3.8, 4) is 0 Å². The Morgan fingerprint density at radius 3 is 2.92 bits per heavy atom. The van der Waals surface area contributed by atoms with Gasteiger partial charge >= 0.3 is 5.69 Å². The van der Waals surface area contributed by atoms with Gasteiger partial charge in [0.15, 0.2) is 17.1 Å². The third kappa shape index (κ3) is 2.09. The van der Waals surface area contributed by atoms with Crippen LogP contribution in [0.3, 0.4) is 0 Å². The van der Waals surface area contributed by atoms with E-state index >= 15 is 0 Å². The van der Waals surface area contributed by atoms with E-state index in [1.165, 1.54) is 0 Å². The van der Waals surface area contributed by atoms with Crippen LogP contribution in [0.5, 0.6) is 0 Å². The lowest BCUT2D eigenvalue weighted by Crippen LogP contribution is -2.06. The SMILES string of the molecule is Cc1nn(CCc2nc3c4cn[nH]c4ncn3n2)c(C)c1[N+](=O)[O-]. The number of aromatic amines is 1. The first kappa shape index (κ1) is 14.2. The molecule has 0 fully saturated rings. The smallest absolute Gasteiger partial charge is 0.262 e. The number of aromatic nitrogens is 8. The minimum atomic E-state index is -0.404. The van der Waals surface area contributed by atoms with Gasteiger partial charge in [-0.1, -0.05) is 0 Å². The molecule has 1 N–H and O–H groups in total. The molecule has 0 bridgehead atoms. The molecule has 0 saturated carbocycles. The molecule has 0 aliphatic rings. The maximum atomic E-state index is 11.1. The highest BCUT2D eigenvalue weighted by Crippen LogP contribution is 2.22. The molecule has 0 aromatic carbocycles. The zero-order chi connectivity index (χ0) is 16.8. The maximum absolute atomic E-state index is 11.1. The van der Waals surface area contributed by atoms with Crippen LogP contribution in [0.4, 0.5) is 5.69 Å². The minimum Gasteiger partial charge on any atom is -0.262 e. The van der Waals surface area contributed by atoms with Crippen molar-refractivity contribution in [1.29, 1.82) is 0 Å². The molecule has 0 radical (unpaired) electrons. The highest BCUT2D eigenvalue weighted by Gasteiger charge is 2.21. The van der Waals surface area contributed by atoms with Crippen LogP contribution in [0.2, 0.25) is 0 Å². The summed E-state index contributed by atoms with van der Waals surface area (Å²) in [7, 11) is 0. The number of hydrogen-bond acceptors (Lipinski definition) is 7. The van der Waals surface area contributed by atoms with Crippen LogP contribution >= 0.6 is 0 Å². The molecule has 11 nitrogen and oxygen atoms in total. The second-order valence-corrected chi connectivity index (χ2v) is 5.42. The van der Waals surface area contributed by atoms with Crippen molar-refractivity contribution in [3.05, 3.63) is 39.9 Å². The highest BCUT2D eigenvalue weighted by molar-refractivity contribution is 5.87. The quantitative estimate of drug-likeness (QED) is 0.436. The summed E-state index contributed by atoms with van der Waals surface area (Å²) in [6, 6.07) is 0. The van der Waals surface area contributed by atoms with Crippen molar-refractivity contribution < 1.29 is 4.92 Å². The van der Waals surface area contributed by atoms with E-state index in [0.29, 0.717) is 41.5 Å². The molecule has 0 atom stereocenters. The molecule has 122 valence electrons. The van der Waals surface area contributed by atoms with E-state index in [1.54, 1.807) is 35.6 Å². The number of nitrogens with one attached hydrogen (secondary N) is 1. The summed E-state index contributed by atoms with van der Waals surface area (Å²) in [4.78, 5) is 19.3. The fourth-order valence-electron chi connectivity index (χ4n) is 2.77. The molecule has 0 amide bonds. The summed E-state index contributed by atoms with van der Waals surface area (Å²) in [5.41, 5.74) is 2.31. The molecular weight excluding hydrogens is 314 g/mol. The van der Waals surface area contributed by atoms with E-state index in [0.717, 1.165) is 5.39 Å². The van der Waals surface area contributed by atoms with Gasteiger partial charge in [-0.05, 0) is 13.8 Å². The Morgan fingerprint density at radius 1 is 1.33 bits per heavy atom. The summed E-state index contributed by atoms with van der Waals surface area (Å²) < 4.78 is 3.21. The highest BCUT2D eigenvalue weighted by atomic mass is 16.6. The Balaban J connectivity index is 1.63. The summed E-state index contributed by atoms with van der Waals surface area (Å²) in [6.07, 6.45) is 3.72. The van der Waals surface area contributed by atoms with Crippen molar-refractivity contribution in [1.82, 2.24) is 39.6 Å². The first-order chi connectivity index (χ1) is 11.5. The fourth-order valence-corrected chi connectivity index (χ4v) is 2.77. The molecule has 0 saturated heterocycles. The summed E-state index contributed by atoms with van der Waals surface area (Å²) in [5, 5.41) is 27.2. The fraction of sp³-hybridized carbons (Fsp3) is 0.308. The van der Waals surface area contributed by atoms with Crippen molar-refractivity contribution in [2.75, 3.05) is 0 Å². The van der Waals surface area contributed by atoms with Gasteiger partial charge in [0.1, 0.15) is 17.7 Å². The van der Waals surface area contributed by atoms with Crippen molar-refractivity contribution in [3.63, 3.8) is 0 Å². The molecule has 4 rings (SSSR count). The van der Waals surface area contributed by atoms with Crippen LogP contribution in [0, 0.1) is 24.0 Å². The minimum absolute atomic E-state index is 0.0577. The zero-order valence-electron chi connectivity index (χ0n) is 13.0. The first-order valence-electron chi connectivity index (χ1n) is 7.26. The van der Waals surface area contributed by atoms with Gasteiger partial charge in [0.2, 0.25) is 0 Å². The van der Waals surface area contributed by atoms with E-state index < -0.39 is 4.92 Å². The maximum Gasteiger partial charge on any atom is 0.312 e. The first-order valence-corrected chi connectivity index (χ1v) is 7.26. The van der Waals surface area contributed by atoms with Crippen molar-refractivity contribution in [2.45, 2.75) is 26.8 Å². The van der Waals surface area contributed by atoms with Crippen molar-refractivity contribution >= 4 is 22.4 Å². The molecule has 24 heavy (non-hydrogen) atoms. The second kappa shape index (κ2) is 5.08. The standard InChI is InChI=1S/C13H13N9O2/c1-7-11(22(23)24)8(2)20(18-7)4-3-10-16-13-9-5-15-17-12(9)14-6-21(13)19-10/h5-6H,3-4H2,1-2H3,(H,15,17). The third-order valence-corrected chi connectivity index (χ3v) is 3.90. The lowest BCUT2D eigenvalue weighted by Gasteiger charge is -2.00. The van der Waals surface area contributed by atoms with Gasteiger partial charge in [0.05, 0.1) is 16.5 Å². The molecule has 4 heterocycles. The Labute approximate surface area is 134 Å². The molecule has 11 heteroatoms. The molecule has 4 aromatic rings.